The van der Waals surface area contributed by atoms with E-state index in [1.54, 1.807) is 4.90 Å². The largest absolute Gasteiger partial charge is 0.332 e. The second kappa shape index (κ2) is 5.02. The van der Waals surface area contributed by atoms with Gasteiger partial charge in [0.25, 0.3) is 0 Å². The molecule has 1 heterocycles. The molecule has 1 N–H and O–H groups in total. The SMILES string of the molecule is C#CCN(CC)C(=O)C1CNCC1C. The molecule has 1 saturated heterocycles. The van der Waals surface area contributed by atoms with Crippen molar-refractivity contribution in [3.63, 3.8) is 0 Å². The van der Waals surface area contributed by atoms with E-state index >= 15 is 0 Å². The number of hydrogen-bond donors (Lipinski definition) is 1. The van der Waals surface area contributed by atoms with Crippen molar-refractivity contribution in [1.29, 1.82) is 0 Å². The van der Waals surface area contributed by atoms with Crippen LogP contribution in [0.15, 0.2) is 0 Å². The zero-order chi connectivity index (χ0) is 10.6. The molecule has 0 aromatic carbocycles. The Morgan fingerprint density at radius 2 is 2.36 bits per heavy atom. The van der Waals surface area contributed by atoms with E-state index in [4.69, 9.17) is 6.42 Å². The molecule has 1 aliphatic heterocycles. The summed E-state index contributed by atoms with van der Waals surface area (Å²) in [7, 11) is 0. The molecule has 0 radical (unpaired) electrons. The Bertz CT molecular complexity index is 244. The van der Waals surface area contributed by atoms with Crippen LogP contribution in [0.5, 0.6) is 0 Å². The van der Waals surface area contributed by atoms with Gasteiger partial charge in [0.15, 0.2) is 0 Å². The lowest BCUT2D eigenvalue weighted by Crippen LogP contribution is -2.38. The fourth-order valence-corrected chi connectivity index (χ4v) is 1.83. The third kappa shape index (κ3) is 2.27. The molecule has 1 rings (SSSR count). The van der Waals surface area contributed by atoms with Crippen LogP contribution in [-0.2, 0) is 4.79 Å². The van der Waals surface area contributed by atoms with Gasteiger partial charge in [0, 0.05) is 13.1 Å². The maximum absolute atomic E-state index is 12.0. The number of rotatable bonds is 3. The second-order valence-electron chi connectivity index (χ2n) is 3.80. The lowest BCUT2D eigenvalue weighted by molar-refractivity contribution is -0.135. The van der Waals surface area contributed by atoms with E-state index in [0.29, 0.717) is 19.0 Å². The predicted molar refractivity (Wildman–Crippen MR) is 56.6 cm³/mol. The zero-order valence-electron chi connectivity index (χ0n) is 8.92. The number of terminal acetylenes is 1. The minimum Gasteiger partial charge on any atom is -0.332 e. The maximum atomic E-state index is 12.0. The Morgan fingerprint density at radius 3 is 2.79 bits per heavy atom. The third-order valence-electron chi connectivity index (χ3n) is 2.81. The summed E-state index contributed by atoms with van der Waals surface area (Å²) >= 11 is 0. The van der Waals surface area contributed by atoms with Crippen LogP contribution >= 0.6 is 0 Å². The lowest BCUT2D eigenvalue weighted by Gasteiger charge is -2.23. The summed E-state index contributed by atoms with van der Waals surface area (Å²) in [6, 6.07) is 0. The molecule has 0 aromatic rings. The number of nitrogens with zero attached hydrogens (tertiary/aromatic N) is 1. The predicted octanol–water partition coefficient (Wildman–Crippen LogP) is 0.324. The van der Waals surface area contributed by atoms with Gasteiger partial charge in [0.05, 0.1) is 12.5 Å². The van der Waals surface area contributed by atoms with Gasteiger partial charge in [-0.25, -0.2) is 0 Å². The fraction of sp³-hybridized carbons (Fsp3) is 0.727. The number of amides is 1. The van der Waals surface area contributed by atoms with Crippen molar-refractivity contribution in [3.8, 4) is 12.3 Å². The number of carbonyl (C=O) groups is 1. The van der Waals surface area contributed by atoms with E-state index in [1.165, 1.54) is 0 Å². The summed E-state index contributed by atoms with van der Waals surface area (Å²) in [5.74, 6) is 3.26. The Hall–Kier alpha value is -1.01. The van der Waals surface area contributed by atoms with E-state index in [9.17, 15) is 4.79 Å². The average Bonchev–Trinajstić information content (AvgIpc) is 2.59. The highest BCUT2D eigenvalue weighted by Gasteiger charge is 2.31. The maximum Gasteiger partial charge on any atom is 0.228 e. The van der Waals surface area contributed by atoms with Crippen LogP contribution in [-0.4, -0.2) is 37.0 Å². The van der Waals surface area contributed by atoms with Crippen molar-refractivity contribution in [3.05, 3.63) is 0 Å². The molecule has 3 heteroatoms. The number of hydrogen-bond acceptors (Lipinski definition) is 2. The van der Waals surface area contributed by atoms with Crippen molar-refractivity contribution in [2.24, 2.45) is 11.8 Å². The fourth-order valence-electron chi connectivity index (χ4n) is 1.83. The highest BCUT2D eigenvalue weighted by molar-refractivity contribution is 5.80. The first-order chi connectivity index (χ1) is 6.70. The summed E-state index contributed by atoms with van der Waals surface area (Å²) in [4.78, 5) is 13.7. The van der Waals surface area contributed by atoms with Crippen LogP contribution in [0.25, 0.3) is 0 Å². The van der Waals surface area contributed by atoms with Gasteiger partial charge in [-0.05, 0) is 19.4 Å². The molecule has 1 amide bonds. The van der Waals surface area contributed by atoms with E-state index < -0.39 is 0 Å². The monoisotopic (exact) mass is 194 g/mol. The van der Waals surface area contributed by atoms with Crippen molar-refractivity contribution in [2.45, 2.75) is 13.8 Å². The summed E-state index contributed by atoms with van der Waals surface area (Å²) in [6.45, 7) is 6.92. The van der Waals surface area contributed by atoms with Gasteiger partial charge >= 0.3 is 0 Å². The molecule has 2 unspecified atom stereocenters. The molecule has 78 valence electrons. The minimum absolute atomic E-state index is 0.114. The molecule has 1 aliphatic rings. The van der Waals surface area contributed by atoms with E-state index in [2.05, 4.69) is 18.2 Å². The first kappa shape index (κ1) is 11.1. The Labute approximate surface area is 85.9 Å². The van der Waals surface area contributed by atoms with Gasteiger partial charge in [-0.15, -0.1) is 6.42 Å². The molecular weight excluding hydrogens is 176 g/mol. The molecule has 0 aromatic heterocycles. The standard InChI is InChI=1S/C11H18N2O/c1-4-6-13(5-2)11(14)10-8-12-7-9(10)3/h1,9-10,12H,5-8H2,2-3H3. The zero-order valence-corrected chi connectivity index (χ0v) is 8.92. The van der Waals surface area contributed by atoms with Crippen LogP contribution in [0.3, 0.4) is 0 Å². The van der Waals surface area contributed by atoms with Gasteiger partial charge < -0.3 is 10.2 Å². The summed E-state index contributed by atoms with van der Waals surface area (Å²) in [5, 5.41) is 3.22. The molecule has 3 nitrogen and oxygen atoms in total. The summed E-state index contributed by atoms with van der Waals surface area (Å²) in [5.41, 5.74) is 0. The topological polar surface area (TPSA) is 32.3 Å². The number of nitrogens with one attached hydrogen (secondary N) is 1. The van der Waals surface area contributed by atoms with Crippen molar-refractivity contribution in [2.75, 3.05) is 26.2 Å². The van der Waals surface area contributed by atoms with E-state index in [1.807, 2.05) is 6.92 Å². The Morgan fingerprint density at radius 1 is 1.64 bits per heavy atom. The molecule has 0 aliphatic carbocycles. The van der Waals surface area contributed by atoms with Gasteiger partial charge in [-0.1, -0.05) is 12.8 Å². The van der Waals surface area contributed by atoms with Crippen molar-refractivity contribution < 1.29 is 4.79 Å². The van der Waals surface area contributed by atoms with Crippen molar-refractivity contribution in [1.82, 2.24) is 10.2 Å². The smallest absolute Gasteiger partial charge is 0.228 e. The lowest BCUT2D eigenvalue weighted by atomic mass is 9.96. The quantitative estimate of drug-likeness (QED) is 0.656. The molecule has 14 heavy (non-hydrogen) atoms. The highest BCUT2D eigenvalue weighted by Crippen LogP contribution is 2.18. The van der Waals surface area contributed by atoms with Crippen LogP contribution in [0.1, 0.15) is 13.8 Å². The third-order valence-corrected chi connectivity index (χ3v) is 2.81. The molecule has 1 fully saturated rings. The molecule has 0 saturated carbocycles. The van der Waals surface area contributed by atoms with E-state index in [0.717, 1.165) is 13.1 Å². The van der Waals surface area contributed by atoms with Crippen LogP contribution in [0, 0.1) is 24.2 Å². The van der Waals surface area contributed by atoms with Gasteiger partial charge in [-0.2, -0.15) is 0 Å². The Balaban J connectivity index is 2.58. The Kier molecular flexibility index (Phi) is 3.97. The summed E-state index contributed by atoms with van der Waals surface area (Å²) in [6.07, 6.45) is 5.22. The highest BCUT2D eigenvalue weighted by atomic mass is 16.2. The second-order valence-corrected chi connectivity index (χ2v) is 3.80. The molecule has 0 spiro atoms. The normalized spacial score (nSPS) is 25.8. The number of carbonyl (C=O) groups excluding carboxylic acids is 1. The summed E-state index contributed by atoms with van der Waals surface area (Å²) < 4.78 is 0. The van der Waals surface area contributed by atoms with Gasteiger partial charge in [-0.3, -0.25) is 4.79 Å². The van der Waals surface area contributed by atoms with Crippen LogP contribution in [0.2, 0.25) is 0 Å². The minimum atomic E-state index is 0.114. The molecular formula is C11H18N2O. The van der Waals surface area contributed by atoms with Crippen molar-refractivity contribution >= 4 is 5.91 Å². The average molecular weight is 194 g/mol. The first-order valence-electron chi connectivity index (χ1n) is 5.13. The molecule has 0 bridgehead atoms. The van der Waals surface area contributed by atoms with Gasteiger partial charge in [0.2, 0.25) is 5.91 Å². The van der Waals surface area contributed by atoms with Gasteiger partial charge in [0.1, 0.15) is 0 Å². The van der Waals surface area contributed by atoms with Crippen LogP contribution in [0.4, 0.5) is 0 Å². The van der Waals surface area contributed by atoms with E-state index in [-0.39, 0.29) is 11.8 Å². The van der Waals surface area contributed by atoms with Crippen LogP contribution < -0.4 is 5.32 Å². The first-order valence-corrected chi connectivity index (χ1v) is 5.13. The molecule has 2 atom stereocenters.